The average molecular weight is 263 g/mol. The molecule has 5 heteroatoms. The van der Waals surface area contributed by atoms with E-state index in [0.717, 1.165) is 12.1 Å². The predicted octanol–water partition coefficient (Wildman–Crippen LogP) is 3.23. The van der Waals surface area contributed by atoms with Gasteiger partial charge in [-0.3, -0.25) is 4.79 Å². The van der Waals surface area contributed by atoms with Crippen LogP contribution in [0.3, 0.4) is 0 Å². The second-order valence-electron chi connectivity index (χ2n) is 3.81. The van der Waals surface area contributed by atoms with Gasteiger partial charge in [-0.15, -0.1) is 0 Å². The van der Waals surface area contributed by atoms with Crippen LogP contribution >= 0.6 is 0 Å². The molecule has 0 aromatic heterocycles. The lowest BCUT2D eigenvalue weighted by molar-refractivity contribution is 0.102. The average Bonchev–Trinajstić information content (AvgIpc) is 2.39. The van der Waals surface area contributed by atoms with Gasteiger partial charge in [0.25, 0.3) is 5.91 Å². The minimum absolute atomic E-state index is 0.211. The molecule has 1 N–H and O–H groups in total. The monoisotopic (exact) mass is 263 g/mol. The number of halogens is 2. The standard InChI is InChI=1S/C14H11F2NO2/c1-19-11-5-3-10(4-6-11)17-14(18)12-7-2-9(15)8-13(12)16/h2-8H,1H3,(H,17,18). The van der Waals surface area contributed by atoms with E-state index in [1.165, 1.54) is 7.11 Å². The van der Waals surface area contributed by atoms with Crippen molar-refractivity contribution in [3.05, 3.63) is 59.7 Å². The minimum Gasteiger partial charge on any atom is -0.497 e. The molecule has 3 nitrogen and oxygen atoms in total. The first-order valence-electron chi connectivity index (χ1n) is 5.50. The Morgan fingerprint density at radius 2 is 1.79 bits per heavy atom. The lowest BCUT2D eigenvalue weighted by Crippen LogP contribution is -2.13. The first-order chi connectivity index (χ1) is 9.10. The third kappa shape index (κ3) is 3.07. The number of methoxy groups -OCH3 is 1. The zero-order valence-corrected chi connectivity index (χ0v) is 10.1. The van der Waals surface area contributed by atoms with Crippen LogP contribution in [0.1, 0.15) is 10.4 Å². The molecule has 0 atom stereocenters. The third-order valence-electron chi connectivity index (χ3n) is 2.52. The number of carbonyl (C=O) groups is 1. The number of nitrogens with one attached hydrogen (secondary N) is 1. The van der Waals surface area contributed by atoms with Crippen LogP contribution in [-0.2, 0) is 0 Å². The van der Waals surface area contributed by atoms with Gasteiger partial charge in [0, 0.05) is 11.8 Å². The van der Waals surface area contributed by atoms with Crippen molar-refractivity contribution in [2.75, 3.05) is 12.4 Å². The first-order valence-corrected chi connectivity index (χ1v) is 5.50. The zero-order chi connectivity index (χ0) is 13.8. The largest absolute Gasteiger partial charge is 0.497 e. The summed E-state index contributed by atoms with van der Waals surface area (Å²) in [6.45, 7) is 0. The number of hydrogen-bond acceptors (Lipinski definition) is 2. The summed E-state index contributed by atoms with van der Waals surface area (Å²) >= 11 is 0. The number of ether oxygens (including phenoxy) is 1. The van der Waals surface area contributed by atoms with Crippen LogP contribution < -0.4 is 10.1 Å². The van der Waals surface area contributed by atoms with Crippen LogP contribution in [-0.4, -0.2) is 13.0 Å². The highest BCUT2D eigenvalue weighted by atomic mass is 19.1. The van der Waals surface area contributed by atoms with Crippen LogP contribution in [0.15, 0.2) is 42.5 Å². The van der Waals surface area contributed by atoms with Crippen LogP contribution in [0.4, 0.5) is 14.5 Å². The maximum atomic E-state index is 13.4. The molecule has 2 rings (SSSR count). The van der Waals surface area contributed by atoms with E-state index < -0.39 is 17.5 Å². The topological polar surface area (TPSA) is 38.3 Å². The number of amides is 1. The highest BCUT2D eigenvalue weighted by molar-refractivity contribution is 6.04. The molecular formula is C14H11F2NO2. The van der Waals surface area contributed by atoms with Crippen LogP contribution in [0.25, 0.3) is 0 Å². The molecule has 0 spiro atoms. The highest BCUT2D eigenvalue weighted by Crippen LogP contribution is 2.17. The fraction of sp³-hybridized carbons (Fsp3) is 0.0714. The van der Waals surface area contributed by atoms with E-state index in [1.807, 2.05) is 0 Å². The van der Waals surface area contributed by atoms with Crippen molar-refractivity contribution in [1.29, 1.82) is 0 Å². The Bertz CT molecular complexity index is 597. The molecule has 98 valence electrons. The second kappa shape index (κ2) is 5.48. The van der Waals surface area contributed by atoms with E-state index in [-0.39, 0.29) is 5.56 Å². The second-order valence-corrected chi connectivity index (χ2v) is 3.81. The van der Waals surface area contributed by atoms with Crippen LogP contribution in [0, 0.1) is 11.6 Å². The van der Waals surface area contributed by atoms with E-state index in [4.69, 9.17) is 4.74 Å². The molecule has 0 bridgehead atoms. The van der Waals surface area contributed by atoms with Crippen molar-refractivity contribution in [3.63, 3.8) is 0 Å². The molecule has 1 amide bonds. The summed E-state index contributed by atoms with van der Waals surface area (Å²) in [6, 6.07) is 9.38. The molecular weight excluding hydrogens is 252 g/mol. The van der Waals surface area contributed by atoms with Gasteiger partial charge in [0.2, 0.25) is 0 Å². The van der Waals surface area contributed by atoms with Gasteiger partial charge in [0.1, 0.15) is 17.4 Å². The molecule has 0 radical (unpaired) electrons. The number of anilines is 1. The summed E-state index contributed by atoms with van der Waals surface area (Å²) in [5, 5.41) is 2.51. The van der Waals surface area contributed by atoms with E-state index in [2.05, 4.69) is 5.32 Å². The Labute approximate surface area is 108 Å². The maximum absolute atomic E-state index is 13.4. The van der Waals surface area contributed by atoms with Gasteiger partial charge in [-0.25, -0.2) is 8.78 Å². The van der Waals surface area contributed by atoms with Crippen LogP contribution in [0.5, 0.6) is 5.75 Å². The minimum atomic E-state index is -0.897. The van der Waals surface area contributed by atoms with Crippen LogP contribution in [0.2, 0.25) is 0 Å². The molecule has 0 aliphatic heterocycles. The molecule has 0 heterocycles. The normalized spacial score (nSPS) is 10.1. The van der Waals surface area contributed by atoms with E-state index in [9.17, 15) is 13.6 Å². The third-order valence-corrected chi connectivity index (χ3v) is 2.52. The molecule has 0 saturated heterocycles. The number of hydrogen-bond donors (Lipinski definition) is 1. The Kier molecular flexibility index (Phi) is 3.75. The molecule has 0 unspecified atom stereocenters. The number of rotatable bonds is 3. The Morgan fingerprint density at radius 3 is 2.37 bits per heavy atom. The van der Waals surface area contributed by atoms with Crippen molar-refractivity contribution in [3.8, 4) is 5.75 Å². The molecule has 2 aromatic rings. The fourth-order valence-corrected chi connectivity index (χ4v) is 1.55. The predicted molar refractivity (Wildman–Crippen MR) is 67.3 cm³/mol. The Morgan fingerprint density at radius 1 is 1.11 bits per heavy atom. The lowest BCUT2D eigenvalue weighted by Gasteiger charge is -2.07. The molecule has 0 aliphatic rings. The maximum Gasteiger partial charge on any atom is 0.258 e. The van der Waals surface area contributed by atoms with Gasteiger partial charge in [0.15, 0.2) is 0 Å². The molecule has 19 heavy (non-hydrogen) atoms. The van der Waals surface area contributed by atoms with E-state index in [1.54, 1.807) is 24.3 Å². The van der Waals surface area contributed by atoms with Crippen molar-refractivity contribution in [2.45, 2.75) is 0 Å². The number of benzene rings is 2. The van der Waals surface area contributed by atoms with Crippen molar-refractivity contribution in [2.24, 2.45) is 0 Å². The number of carbonyl (C=O) groups excluding carboxylic acids is 1. The molecule has 0 saturated carbocycles. The lowest BCUT2D eigenvalue weighted by atomic mass is 10.2. The summed E-state index contributed by atoms with van der Waals surface area (Å²) in [5.41, 5.74) is 0.284. The van der Waals surface area contributed by atoms with Gasteiger partial charge >= 0.3 is 0 Å². The van der Waals surface area contributed by atoms with Gasteiger partial charge in [0.05, 0.1) is 12.7 Å². The molecule has 2 aromatic carbocycles. The summed E-state index contributed by atoms with van der Waals surface area (Å²) in [5.74, 6) is -1.61. The first kappa shape index (κ1) is 13.0. The molecule has 0 aliphatic carbocycles. The summed E-state index contributed by atoms with van der Waals surface area (Å²) in [4.78, 5) is 11.8. The summed E-state index contributed by atoms with van der Waals surface area (Å²) in [7, 11) is 1.53. The highest BCUT2D eigenvalue weighted by Gasteiger charge is 2.12. The molecule has 0 fully saturated rings. The zero-order valence-electron chi connectivity index (χ0n) is 10.1. The van der Waals surface area contributed by atoms with Gasteiger partial charge in [-0.05, 0) is 36.4 Å². The van der Waals surface area contributed by atoms with Crippen molar-refractivity contribution >= 4 is 11.6 Å². The fourth-order valence-electron chi connectivity index (χ4n) is 1.55. The van der Waals surface area contributed by atoms with Crippen molar-refractivity contribution in [1.82, 2.24) is 0 Å². The van der Waals surface area contributed by atoms with E-state index in [0.29, 0.717) is 17.5 Å². The van der Waals surface area contributed by atoms with Crippen molar-refractivity contribution < 1.29 is 18.3 Å². The Hall–Kier alpha value is -2.43. The van der Waals surface area contributed by atoms with Gasteiger partial charge < -0.3 is 10.1 Å². The van der Waals surface area contributed by atoms with Gasteiger partial charge in [-0.2, -0.15) is 0 Å². The summed E-state index contributed by atoms with van der Waals surface area (Å²) < 4.78 is 31.1. The van der Waals surface area contributed by atoms with Gasteiger partial charge in [-0.1, -0.05) is 0 Å². The Balaban J connectivity index is 2.15. The SMILES string of the molecule is COc1ccc(NC(=O)c2ccc(F)cc2F)cc1. The quantitative estimate of drug-likeness (QED) is 0.923. The summed E-state index contributed by atoms with van der Waals surface area (Å²) in [6.07, 6.45) is 0. The van der Waals surface area contributed by atoms with E-state index >= 15 is 0 Å². The smallest absolute Gasteiger partial charge is 0.258 e.